The van der Waals surface area contributed by atoms with Crippen molar-refractivity contribution in [3.63, 3.8) is 0 Å². The lowest BCUT2D eigenvalue weighted by Gasteiger charge is -2.28. The second-order valence-corrected chi connectivity index (χ2v) is 8.92. The molecule has 8 nitrogen and oxygen atoms in total. The Morgan fingerprint density at radius 1 is 1.05 bits per heavy atom. The van der Waals surface area contributed by atoms with Crippen LogP contribution >= 0.6 is 0 Å². The van der Waals surface area contributed by atoms with Crippen LogP contribution in [-0.4, -0.2) is 69.2 Å². The number of aliphatic hydroxyl groups excluding tert-OH is 1. The Labute approximate surface area is 217 Å². The van der Waals surface area contributed by atoms with Crippen LogP contribution in [-0.2, 0) is 9.59 Å². The van der Waals surface area contributed by atoms with E-state index < -0.39 is 17.7 Å². The van der Waals surface area contributed by atoms with Crippen molar-refractivity contribution in [2.75, 3.05) is 32.8 Å². The van der Waals surface area contributed by atoms with E-state index in [-0.39, 0.29) is 11.3 Å². The van der Waals surface area contributed by atoms with Gasteiger partial charge >= 0.3 is 0 Å². The standard InChI is InChI=1S/C29H34N4O4/c1-5-31(6-2)16-17-32-26(21-12-11-15-23(18-21)37-7-3)25(28(35)29(32)36)27(34)24-19-30-33(20(24)4)22-13-9-8-10-14-22/h8-15,18-19,26,34H,5-7,16-17H2,1-4H3. The number of hydrogen-bond donors (Lipinski definition) is 1. The first-order valence-corrected chi connectivity index (χ1v) is 12.7. The highest BCUT2D eigenvalue weighted by atomic mass is 16.5. The fourth-order valence-electron chi connectivity index (χ4n) is 4.80. The number of carbonyl (C=O) groups is 2. The molecule has 1 unspecified atom stereocenters. The quantitative estimate of drug-likeness (QED) is 0.252. The number of Topliss-reactive ketones (excluding diaryl/α,β-unsaturated/α-hetero) is 1. The number of aliphatic hydroxyl groups is 1. The Morgan fingerprint density at radius 2 is 1.78 bits per heavy atom. The first kappa shape index (κ1) is 26.2. The van der Waals surface area contributed by atoms with Gasteiger partial charge in [-0.25, -0.2) is 4.68 Å². The summed E-state index contributed by atoms with van der Waals surface area (Å²) in [6.45, 7) is 11.0. The summed E-state index contributed by atoms with van der Waals surface area (Å²) in [6.07, 6.45) is 1.54. The number of carbonyl (C=O) groups excluding carboxylic acids is 2. The number of rotatable bonds is 10. The maximum Gasteiger partial charge on any atom is 0.295 e. The Hall–Kier alpha value is -3.91. The van der Waals surface area contributed by atoms with E-state index in [1.807, 2.05) is 68.4 Å². The molecule has 1 aliphatic rings. The summed E-state index contributed by atoms with van der Waals surface area (Å²) in [5.41, 5.74) is 2.68. The summed E-state index contributed by atoms with van der Waals surface area (Å²) in [6, 6.07) is 16.2. The van der Waals surface area contributed by atoms with Gasteiger partial charge in [-0.1, -0.05) is 44.2 Å². The van der Waals surface area contributed by atoms with E-state index in [9.17, 15) is 14.7 Å². The van der Waals surface area contributed by atoms with Crippen LogP contribution in [0.2, 0.25) is 0 Å². The van der Waals surface area contributed by atoms with Crippen molar-refractivity contribution >= 4 is 17.4 Å². The number of amides is 1. The summed E-state index contributed by atoms with van der Waals surface area (Å²) < 4.78 is 7.40. The van der Waals surface area contributed by atoms with Crippen LogP contribution in [0.1, 0.15) is 43.6 Å². The van der Waals surface area contributed by atoms with E-state index in [1.54, 1.807) is 9.58 Å². The highest BCUT2D eigenvalue weighted by Gasteiger charge is 2.46. The van der Waals surface area contributed by atoms with Gasteiger partial charge in [0.25, 0.3) is 11.7 Å². The van der Waals surface area contributed by atoms with Crippen molar-refractivity contribution < 1.29 is 19.4 Å². The maximum absolute atomic E-state index is 13.4. The van der Waals surface area contributed by atoms with Gasteiger partial charge in [-0.15, -0.1) is 0 Å². The number of likely N-dealkylation sites (tertiary alicyclic amines) is 1. The first-order chi connectivity index (χ1) is 17.9. The molecule has 3 aromatic rings. The van der Waals surface area contributed by atoms with Crippen molar-refractivity contribution in [3.8, 4) is 11.4 Å². The van der Waals surface area contributed by atoms with Gasteiger partial charge < -0.3 is 19.6 Å². The molecule has 1 aliphatic heterocycles. The van der Waals surface area contributed by atoms with Crippen LogP contribution in [0.4, 0.5) is 0 Å². The largest absolute Gasteiger partial charge is 0.507 e. The molecule has 194 valence electrons. The number of ether oxygens (including phenoxy) is 1. The second-order valence-electron chi connectivity index (χ2n) is 8.92. The van der Waals surface area contributed by atoms with Gasteiger partial charge in [0.1, 0.15) is 11.5 Å². The normalized spacial score (nSPS) is 17.1. The number of benzene rings is 2. The number of para-hydroxylation sites is 1. The van der Waals surface area contributed by atoms with Gasteiger partial charge in [-0.3, -0.25) is 9.59 Å². The predicted octanol–water partition coefficient (Wildman–Crippen LogP) is 4.34. The van der Waals surface area contributed by atoms with Crippen molar-refractivity contribution in [1.29, 1.82) is 0 Å². The molecule has 1 amide bonds. The number of aromatic nitrogens is 2. The van der Waals surface area contributed by atoms with Crippen LogP contribution < -0.4 is 4.74 Å². The molecule has 0 saturated carbocycles. The zero-order valence-corrected chi connectivity index (χ0v) is 21.8. The molecule has 0 aliphatic carbocycles. The second kappa shape index (κ2) is 11.4. The lowest BCUT2D eigenvalue weighted by molar-refractivity contribution is -0.140. The van der Waals surface area contributed by atoms with Crippen molar-refractivity contribution in [1.82, 2.24) is 19.6 Å². The molecule has 2 heterocycles. The molecule has 0 radical (unpaired) electrons. The Balaban J connectivity index is 1.82. The van der Waals surface area contributed by atoms with E-state index in [0.29, 0.717) is 42.3 Å². The molecule has 1 saturated heterocycles. The summed E-state index contributed by atoms with van der Waals surface area (Å²) in [5.74, 6) is -0.901. The number of likely N-dealkylation sites (N-methyl/N-ethyl adjacent to an activating group) is 1. The topological polar surface area (TPSA) is 87.9 Å². The van der Waals surface area contributed by atoms with E-state index in [1.165, 1.54) is 6.20 Å². The van der Waals surface area contributed by atoms with Crippen molar-refractivity contribution in [3.05, 3.63) is 83.2 Å². The lowest BCUT2D eigenvalue weighted by atomic mass is 9.95. The molecule has 1 atom stereocenters. The lowest BCUT2D eigenvalue weighted by Crippen LogP contribution is -2.38. The first-order valence-electron chi connectivity index (χ1n) is 12.7. The molecule has 1 aromatic heterocycles. The van der Waals surface area contributed by atoms with E-state index in [0.717, 1.165) is 18.8 Å². The molecule has 37 heavy (non-hydrogen) atoms. The fourth-order valence-corrected chi connectivity index (χ4v) is 4.80. The Bertz CT molecular complexity index is 1290. The van der Waals surface area contributed by atoms with Gasteiger partial charge in [0.05, 0.1) is 41.4 Å². The third kappa shape index (κ3) is 5.15. The number of ketones is 1. The molecule has 2 aromatic carbocycles. The Morgan fingerprint density at radius 3 is 2.46 bits per heavy atom. The molecular weight excluding hydrogens is 468 g/mol. The highest BCUT2D eigenvalue weighted by molar-refractivity contribution is 6.46. The van der Waals surface area contributed by atoms with Gasteiger partial charge in [0.2, 0.25) is 0 Å². The van der Waals surface area contributed by atoms with Crippen molar-refractivity contribution in [2.24, 2.45) is 0 Å². The van der Waals surface area contributed by atoms with Gasteiger partial charge in [-0.05, 0) is 56.8 Å². The summed E-state index contributed by atoms with van der Waals surface area (Å²) >= 11 is 0. The summed E-state index contributed by atoms with van der Waals surface area (Å²) in [5, 5.41) is 16.0. The SMILES string of the molecule is CCOc1cccc(C2C(=C(O)c3cnn(-c4ccccc4)c3C)C(=O)C(=O)N2CCN(CC)CC)c1. The minimum absolute atomic E-state index is 0.0638. The maximum atomic E-state index is 13.4. The molecule has 0 bridgehead atoms. The highest BCUT2D eigenvalue weighted by Crippen LogP contribution is 2.40. The molecule has 0 spiro atoms. The van der Waals surface area contributed by atoms with Gasteiger partial charge in [-0.2, -0.15) is 5.10 Å². The Kier molecular flexibility index (Phi) is 8.08. The minimum Gasteiger partial charge on any atom is -0.507 e. The number of nitrogens with zero attached hydrogens (tertiary/aromatic N) is 4. The van der Waals surface area contributed by atoms with Crippen LogP contribution in [0.5, 0.6) is 5.75 Å². The number of hydrogen-bond acceptors (Lipinski definition) is 6. The molecule has 8 heteroatoms. The smallest absolute Gasteiger partial charge is 0.295 e. The predicted molar refractivity (Wildman–Crippen MR) is 143 cm³/mol. The van der Waals surface area contributed by atoms with Crippen LogP contribution in [0, 0.1) is 6.92 Å². The third-order valence-electron chi connectivity index (χ3n) is 6.84. The van der Waals surface area contributed by atoms with Gasteiger partial charge in [0.15, 0.2) is 0 Å². The molecule has 1 fully saturated rings. The van der Waals surface area contributed by atoms with Crippen LogP contribution in [0.3, 0.4) is 0 Å². The fraction of sp³-hybridized carbons (Fsp3) is 0.345. The minimum atomic E-state index is -0.740. The summed E-state index contributed by atoms with van der Waals surface area (Å²) in [7, 11) is 0. The third-order valence-corrected chi connectivity index (χ3v) is 6.84. The monoisotopic (exact) mass is 502 g/mol. The molecule has 1 N–H and O–H groups in total. The van der Waals surface area contributed by atoms with Gasteiger partial charge in [0, 0.05) is 13.1 Å². The van der Waals surface area contributed by atoms with Crippen LogP contribution in [0.25, 0.3) is 11.4 Å². The zero-order chi connectivity index (χ0) is 26.5. The van der Waals surface area contributed by atoms with E-state index >= 15 is 0 Å². The zero-order valence-electron chi connectivity index (χ0n) is 21.8. The van der Waals surface area contributed by atoms with E-state index in [4.69, 9.17) is 4.74 Å². The summed E-state index contributed by atoms with van der Waals surface area (Å²) in [4.78, 5) is 30.5. The van der Waals surface area contributed by atoms with E-state index in [2.05, 4.69) is 23.8 Å². The van der Waals surface area contributed by atoms with Crippen LogP contribution in [0.15, 0.2) is 66.4 Å². The average molecular weight is 503 g/mol. The molecular formula is C29H34N4O4. The molecule has 4 rings (SSSR count). The average Bonchev–Trinajstić information content (AvgIpc) is 3.42. The van der Waals surface area contributed by atoms with Crippen molar-refractivity contribution in [2.45, 2.75) is 33.7 Å².